The molecular weight excluding hydrogens is 385 g/mol. The molecule has 0 saturated carbocycles. The summed E-state index contributed by atoms with van der Waals surface area (Å²) in [5.41, 5.74) is 1.18. The van der Waals surface area contributed by atoms with E-state index in [9.17, 15) is 14.0 Å². The molecule has 0 bridgehead atoms. The summed E-state index contributed by atoms with van der Waals surface area (Å²) >= 11 is 5.71. The summed E-state index contributed by atoms with van der Waals surface area (Å²) in [4.78, 5) is 28.8. The summed E-state index contributed by atoms with van der Waals surface area (Å²) in [6, 6.07) is 13.5. The van der Waals surface area contributed by atoms with Crippen LogP contribution in [0.5, 0.6) is 5.75 Å². The van der Waals surface area contributed by atoms with E-state index in [0.29, 0.717) is 17.1 Å². The van der Waals surface area contributed by atoms with Gasteiger partial charge in [-0.1, -0.05) is 11.6 Å². The number of carbonyl (C=O) groups is 2. The Kier molecular flexibility index (Phi) is 5.86. The van der Waals surface area contributed by atoms with Gasteiger partial charge < -0.3 is 15.4 Å². The first-order chi connectivity index (χ1) is 13.5. The highest BCUT2D eigenvalue weighted by Crippen LogP contribution is 2.20. The maximum atomic E-state index is 13.2. The zero-order chi connectivity index (χ0) is 20.1. The molecule has 6 nitrogen and oxygen atoms in total. The number of carbonyl (C=O) groups excluding carboxylic acids is 2. The fourth-order valence-corrected chi connectivity index (χ4v) is 2.52. The SMILES string of the molecule is COc1ccc(NC(=O)c2cc(C(=O)Nc3ccc(F)c(Cl)c3)ccn2)cc1. The summed E-state index contributed by atoms with van der Waals surface area (Å²) in [6.45, 7) is 0. The Morgan fingerprint density at radius 1 is 0.964 bits per heavy atom. The number of hydrogen-bond donors (Lipinski definition) is 2. The Morgan fingerprint density at radius 3 is 2.32 bits per heavy atom. The van der Waals surface area contributed by atoms with Gasteiger partial charge in [-0.05, 0) is 54.6 Å². The quantitative estimate of drug-likeness (QED) is 0.667. The van der Waals surface area contributed by atoms with Crippen LogP contribution in [-0.4, -0.2) is 23.9 Å². The molecule has 2 N–H and O–H groups in total. The first-order valence-electron chi connectivity index (χ1n) is 8.14. The number of methoxy groups -OCH3 is 1. The molecule has 142 valence electrons. The summed E-state index contributed by atoms with van der Waals surface area (Å²) in [5.74, 6) is -0.870. The first-order valence-corrected chi connectivity index (χ1v) is 8.52. The molecule has 0 unspecified atom stereocenters. The summed E-state index contributed by atoms with van der Waals surface area (Å²) < 4.78 is 18.3. The van der Waals surface area contributed by atoms with Gasteiger partial charge in [-0.15, -0.1) is 0 Å². The lowest BCUT2D eigenvalue weighted by molar-refractivity contribution is 0.102. The molecule has 1 heterocycles. The molecule has 0 fully saturated rings. The predicted molar refractivity (Wildman–Crippen MR) is 105 cm³/mol. The zero-order valence-electron chi connectivity index (χ0n) is 14.7. The largest absolute Gasteiger partial charge is 0.497 e. The van der Waals surface area contributed by atoms with Crippen molar-refractivity contribution in [1.29, 1.82) is 0 Å². The monoisotopic (exact) mass is 399 g/mol. The average Bonchev–Trinajstić information content (AvgIpc) is 2.71. The van der Waals surface area contributed by atoms with Crippen molar-refractivity contribution in [2.45, 2.75) is 0 Å². The third-order valence-corrected chi connectivity index (χ3v) is 4.07. The number of nitrogens with zero attached hydrogens (tertiary/aromatic N) is 1. The van der Waals surface area contributed by atoms with Crippen LogP contribution >= 0.6 is 11.6 Å². The van der Waals surface area contributed by atoms with Crippen LogP contribution in [0, 0.1) is 5.82 Å². The van der Waals surface area contributed by atoms with E-state index in [1.54, 1.807) is 31.4 Å². The molecule has 0 aliphatic heterocycles. The lowest BCUT2D eigenvalue weighted by atomic mass is 10.2. The van der Waals surface area contributed by atoms with Gasteiger partial charge in [0.25, 0.3) is 11.8 Å². The van der Waals surface area contributed by atoms with Gasteiger partial charge in [0.2, 0.25) is 0 Å². The van der Waals surface area contributed by atoms with Crippen LogP contribution in [0.3, 0.4) is 0 Å². The minimum absolute atomic E-state index is 0.0700. The minimum Gasteiger partial charge on any atom is -0.497 e. The van der Waals surface area contributed by atoms with Gasteiger partial charge in [-0.2, -0.15) is 0 Å². The number of amides is 2. The molecule has 28 heavy (non-hydrogen) atoms. The number of hydrogen-bond acceptors (Lipinski definition) is 4. The fourth-order valence-electron chi connectivity index (χ4n) is 2.34. The van der Waals surface area contributed by atoms with Gasteiger partial charge in [0.05, 0.1) is 12.1 Å². The van der Waals surface area contributed by atoms with Gasteiger partial charge in [-0.25, -0.2) is 4.39 Å². The van der Waals surface area contributed by atoms with Crippen LogP contribution < -0.4 is 15.4 Å². The maximum Gasteiger partial charge on any atom is 0.274 e. The van der Waals surface area contributed by atoms with E-state index in [0.717, 1.165) is 6.07 Å². The molecule has 0 aliphatic carbocycles. The fraction of sp³-hybridized carbons (Fsp3) is 0.0500. The number of aromatic nitrogens is 1. The van der Waals surface area contributed by atoms with Gasteiger partial charge in [0.15, 0.2) is 0 Å². The Bertz CT molecular complexity index is 1030. The highest BCUT2D eigenvalue weighted by atomic mass is 35.5. The number of ether oxygens (including phenoxy) is 1. The van der Waals surface area contributed by atoms with Gasteiger partial charge in [0.1, 0.15) is 17.3 Å². The Hall–Kier alpha value is -3.45. The van der Waals surface area contributed by atoms with Crippen LogP contribution in [0.25, 0.3) is 0 Å². The van der Waals surface area contributed by atoms with E-state index >= 15 is 0 Å². The van der Waals surface area contributed by atoms with Gasteiger partial charge >= 0.3 is 0 Å². The molecule has 3 aromatic rings. The Morgan fingerprint density at radius 2 is 1.64 bits per heavy atom. The second kappa shape index (κ2) is 8.49. The highest BCUT2D eigenvalue weighted by molar-refractivity contribution is 6.31. The maximum absolute atomic E-state index is 13.2. The van der Waals surface area contributed by atoms with Crippen molar-refractivity contribution in [3.05, 3.63) is 82.9 Å². The molecule has 0 atom stereocenters. The molecule has 0 spiro atoms. The van der Waals surface area contributed by atoms with E-state index in [1.807, 2.05) is 0 Å². The number of rotatable bonds is 5. The Balaban J connectivity index is 1.72. The van der Waals surface area contributed by atoms with Crippen LogP contribution in [0.4, 0.5) is 15.8 Å². The molecule has 0 aliphatic rings. The highest BCUT2D eigenvalue weighted by Gasteiger charge is 2.13. The second-order valence-electron chi connectivity index (χ2n) is 5.70. The summed E-state index contributed by atoms with van der Waals surface area (Å²) in [5, 5.41) is 5.18. The van der Waals surface area contributed by atoms with Crippen molar-refractivity contribution in [2.24, 2.45) is 0 Å². The van der Waals surface area contributed by atoms with Crippen LogP contribution in [-0.2, 0) is 0 Å². The third kappa shape index (κ3) is 4.63. The van der Waals surface area contributed by atoms with Crippen molar-refractivity contribution in [1.82, 2.24) is 4.98 Å². The first kappa shape index (κ1) is 19.3. The van der Waals surface area contributed by atoms with Gasteiger partial charge in [-0.3, -0.25) is 14.6 Å². The Labute approximate surface area is 165 Å². The predicted octanol–water partition coefficient (Wildman–Crippen LogP) is 4.39. The number of halogens is 2. The second-order valence-corrected chi connectivity index (χ2v) is 6.10. The summed E-state index contributed by atoms with van der Waals surface area (Å²) in [6.07, 6.45) is 1.36. The molecular formula is C20H15ClFN3O3. The third-order valence-electron chi connectivity index (χ3n) is 3.78. The topological polar surface area (TPSA) is 80.3 Å². The molecule has 1 aromatic heterocycles. The van der Waals surface area contributed by atoms with E-state index in [1.165, 1.54) is 30.5 Å². The van der Waals surface area contributed by atoms with E-state index in [-0.39, 0.29) is 16.3 Å². The lowest BCUT2D eigenvalue weighted by Crippen LogP contribution is -2.17. The zero-order valence-corrected chi connectivity index (χ0v) is 15.5. The number of anilines is 2. The molecule has 0 radical (unpaired) electrons. The van der Waals surface area contributed by atoms with Crippen molar-refractivity contribution in [3.63, 3.8) is 0 Å². The van der Waals surface area contributed by atoms with E-state index in [4.69, 9.17) is 16.3 Å². The summed E-state index contributed by atoms with van der Waals surface area (Å²) in [7, 11) is 1.55. The minimum atomic E-state index is -0.582. The molecule has 0 saturated heterocycles. The average molecular weight is 400 g/mol. The normalized spacial score (nSPS) is 10.2. The number of pyridine rings is 1. The van der Waals surface area contributed by atoms with Gasteiger partial charge in [0, 0.05) is 23.1 Å². The van der Waals surface area contributed by atoms with E-state index < -0.39 is 17.6 Å². The molecule has 2 amide bonds. The van der Waals surface area contributed by atoms with Crippen LogP contribution in [0.1, 0.15) is 20.8 Å². The van der Waals surface area contributed by atoms with E-state index in [2.05, 4.69) is 15.6 Å². The lowest BCUT2D eigenvalue weighted by Gasteiger charge is -2.08. The van der Waals surface area contributed by atoms with Crippen LogP contribution in [0.15, 0.2) is 60.8 Å². The van der Waals surface area contributed by atoms with Crippen molar-refractivity contribution >= 4 is 34.8 Å². The van der Waals surface area contributed by atoms with Crippen LogP contribution in [0.2, 0.25) is 5.02 Å². The number of benzene rings is 2. The van der Waals surface area contributed by atoms with Crippen molar-refractivity contribution < 1.29 is 18.7 Å². The van der Waals surface area contributed by atoms with Crippen molar-refractivity contribution in [3.8, 4) is 5.75 Å². The smallest absolute Gasteiger partial charge is 0.274 e. The molecule has 2 aromatic carbocycles. The molecule has 3 rings (SSSR count). The van der Waals surface area contributed by atoms with Crippen molar-refractivity contribution in [2.75, 3.05) is 17.7 Å². The number of nitrogens with one attached hydrogen (secondary N) is 2. The molecule has 8 heteroatoms. The standard InChI is InChI=1S/C20H15ClFN3O3/c1-28-15-5-2-13(3-6-15)24-20(27)18-10-12(8-9-23-18)19(26)25-14-4-7-17(22)16(21)11-14/h2-11H,1H3,(H,24,27)(H,25,26).